The second-order valence-electron chi connectivity index (χ2n) is 3.16. The van der Waals surface area contributed by atoms with Gasteiger partial charge in [-0.2, -0.15) is 0 Å². The molecule has 1 rings (SSSR count). The van der Waals surface area contributed by atoms with Crippen LogP contribution in [0.15, 0.2) is 24.3 Å². The molecule has 1 aromatic carbocycles. The standard InChI is InChI=1S/C12H15N/c1-3-6-12(13)11-8-5-7-10(4-2)9-11/h2,5,7-9,12H,3,6,13H2,1H3. The molecule has 0 bridgehead atoms. The number of nitrogens with two attached hydrogens (primary N) is 1. The molecule has 0 amide bonds. The van der Waals surface area contributed by atoms with Gasteiger partial charge in [0.05, 0.1) is 0 Å². The maximum absolute atomic E-state index is 5.96. The molecule has 1 aromatic rings. The summed E-state index contributed by atoms with van der Waals surface area (Å²) >= 11 is 0. The van der Waals surface area contributed by atoms with Crippen LogP contribution in [0.25, 0.3) is 0 Å². The summed E-state index contributed by atoms with van der Waals surface area (Å²) in [5.41, 5.74) is 8.00. The molecule has 1 heteroatoms. The van der Waals surface area contributed by atoms with E-state index < -0.39 is 0 Å². The van der Waals surface area contributed by atoms with Crippen molar-refractivity contribution in [3.63, 3.8) is 0 Å². The molecule has 2 N–H and O–H groups in total. The van der Waals surface area contributed by atoms with Gasteiger partial charge >= 0.3 is 0 Å². The van der Waals surface area contributed by atoms with Gasteiger partial charge in [-0.1, -0.05) is 31.4 Å². The van der Waals surface area contributed by atoms with Crippen LogP contribution >= 0.6 is 0 Å². The predicted molar refractivity (Wildman–Crippen MR) is 56.2 cm³/mol. The molecule has 0 aromatic heterocycles. The Hall–Kier alpha value is -1.26. The first-order chi connectivity index (χ1) is 6.27. The quantitative estimate of drug-likeness (QED) is 0.698. The van der Waals surface area contributed by atoms with Gasteiger partial charge in [-0.25, -0.2) is 0 Å². The Labute approximate surface area is 80.0 Å². The molecule has 0 fully saturated rings. The Balaban J connectivity index is 2.83. The van der Waals surface area contributed by atoms with E-state index in [2.05, 4.69) is 12.8 Å². The van der Waals surface area contributed by atoms with Crippen LogP contribution in [0.4, 0.5) is 0 Å². The third-order valence-corrected chi connectivity index (χ3v) is 2.08. The number of hydrogen-bond donors (Lipinski definition) is 1. The number of benzene rings is 1. The molecule has 0 aliphatic rings. The van der Waals surface area contributed by atoms with E-state index in [1.165, 1.54) is 0 Å². The molecule has 1 unspecified atom stereocenters. The Morgan fingerprint density at radius 1 is 1.54 bits per heavy atom. The molecule has 0 aliphatic carbocycles. The highest BCUT2D eigenvalue weighted by molar-refractivity contribution is 5.36. The monoisotopic (exact) mass is 173 g/mol. The lowest BCUT2D eigenvalue weighted by Gasteiger charge is -2.10. The van der Waals surface area contributed by atoms with Crippen LogP contribution in [-0.4, -0.2) is 0 Å². The molecule has 13 heavy (non-hydrogen) atoms. The molecule has 0 spiro atoms. The van der Waals surface area contributed by atoms with E-state index in [0.29, 0.717) is 0 Å². The summed E-state index contributed by atoms with van der Waals surface area (Å²) in [6.45, 7) is 2.13. The minimum absolute atomic E-state index is 0.123. The fraction of sp³-hybridized carbons (Fsp3) is 0.333. The van der Waals surface area contributed by atoms with Crippen molar-refractivity contribution in [2.75, 3.05) is 0 Å². The van der Waals surface area contributed by atoms with Crippen molar-refractivity contribution in [2.24, 2.45) is 5.73 Å². The van der Waals surface area contributed by atoms with Gasteiger partial charge in [-0.3, -0.25) is 0 Å². The fourth-order valence-corrected chi connectivity index (χ4v) is 1.34. The zero-order valence-electron chi connectivity index (χ0n) is 7.96. The van der Waals surface area contributed by atoms with Crippen molar-refractivity contribution in [1.82, 2.24) is 0 Å². The fourth-order valence-electron chi connectivity index (χ4n) is 1.34. The highest BCUT2D eigenvalue weighted by Gasteiger charge is 2.03. The molecular weight excluding hydrogens is 158 g/mol. The van der Waals surface area contributed by atoms with Gasteiger partial charge in [-0.15, -0.1) is 6.42 Å². The highest BCUT2D eigenvalue weighted by atomic mass is 14.6. The molecule has 1 nitrogen and oxygen atoms in total. The smallest absolute Gasteiger partial charge is 0.0295 e. The van der Waals surface area contributed by atoms with Gasteiger partial charge in [-0.05, 0) is 24.1 Å². The summed E-state index contributed by atoms with van der Waals surface area (Å²) in [5, 5.41) is 0. The molecule has 0 aliphatic heterocycles. The second kappa shape index (κ2) is 4.69. The van der Waals surface area contributed by atoms with Gasteiger partial charge < -0.3 is 5.73 Å². The van der Waals surface area contributed by atoms with Crippen LogP contribution < -0.4 is 5.73 Å². The normalized spacial score (nSPS) is 12.1. The summed E-state index contributed by atoms with van der Waals surface area (Å²) in [7, 11) is 0. The Morgan fingerprint density at radius 2 is 2.31 bits per heavy atom. The summed E-state index contributed by atoms with van der Waals surface area (Å²) in [6.07, 6.45) is 7.41. The highest BCUT2D eigenvalue weighted by Crippen LogP contribution is 2.16. The van der Waals surface area contributed by atoms with Crippen LogP contribution in [-0.2, 0) is 0 Å². The van der Waals surface area contributed by atoms with Gasteiger partial charge in [0.15, 0.2) is 0 Å². The first-order valence-corrected chi connectivity index (χ1v) is 4.60. The topological polar surface area (TPSA) is 26.0 Å². The molecule has 0 heterocycles. The third-order valence-electron chi connectivity index (χ3n) is 2.08. The number of terminal acetylenes is 1. The van der Waals surface area contributed by atoms with Crippen molar-refractivity contribution in [2.45, 2.75) is 25.8 Å². The first kappa shape index (κ1) is 9.83. The lowest BCUT2D eigenvalue weighted by molar-refractivity contribution is 0.638. The van der Waals surface area contributed by atoms with Crippen LogP contribution in [0.5, 0.6) is 0 Å². The largest absolute Gasteiger partial charge is 0.324 e. The second-order valence-corrected chi connectivity index (χ2v) is 3.16. The lowest BCUT2D eigenvalue weighted by Crippen LogP contribution is -2.09. The molecule has 0 saturated heterocycles. The van der Waals surface area contributed by atoms with E-state index in [0.717, 1.165) is 24.0 Å². The molecule has 1 atom stereocenters. The summed E-state index contributed by atoms with van der Waals surface area (Å²) in [6, 6.07) is 8.02. The third kappa shape index (κ3) is 2.61. The molecular formula is C12H15N. The van der Waals surface area contributed by atoms with Crippen molar-refractivity contribution in [3.05, 3.63) is 35.4 Å². The van der Waals surface area contributed by atoms with Crippen LogP contribution in [0.3, 0.4) is 0 Å². The Kier molecular flexibility index (Phi) is 3.54. The summed E-state index contributed by atoms with van der Waals surface area (Å²) in [5.74, 6) is 2.61. The SMILES string of the molecule is C#Cc1cccc(C(N)CCC)c1. The van der Waals surface area contributed by atoms with Crippen molar-refractivity contribution in [3.8, 4) is 12.3 Å². The van der Waals surface area contributed by atoms with Gasteiger partial charge in [0.25, 0.3) is 0 Å². The van der Waals surface area contributed by atoms with E-state index in [9.17, 15) is 0 Å². The average molecular weight is 173 g/mol. The van der Waals surface area contributed by atoms with Crippen LogP contribution in [0.2, 0.25) is 0 Å². The van der Waals surface area contributed by atoms with Gasteiger partial charge in [0.1, 0.15) is 0 Å². The maximum atomic E-state index is 5.96. The van der Waals surface area contributed by atoms with Crippen molar-refractivity contribution >= 4 is 0 Å². The lowest BCUT2D eigenvalue weighted by atomic mass is 10.0. The van der Waals surface area contributed by atoms with E-state index in [1.807, 2.05) is 24.3 Å². The van der Waals surface area contributed by atoms with Crippen molar-refractivity contribution < 1.29 is 0 Å². The minimum atomic E-state index is 0.123. The summed E-state index contributed by atoms with van der Waals surface area (Å²) < 4.78 is 0. The molecule has 68 valence electrons. The van der Waals surface area contributed by atoms with Crippen LogP contribution in [0, 0.1) is 12.3 Å². The van der Waals surface area contributed by atoms with Gasteiger partial charge in [0.2, 0.25) is 0 Å². The Bertz CT molecular complexity index is 309. The van der Waals surface area contributed by atoms with Crippen LogP contribution in [0.1, 0.15) is 36.9 Å². The Morgan fingerprint density at radius 3 is 2.92 bits per heavy atom. The van der Waals surface area contributed by atoms with E-state index in [4.69, 9.17) is 12.2 Å². The van der Waals surface area contributed by atoms with E-state index >= 15 is 0 Å². The van der Waals surface area contributed by atoms with Gasteiger partial charge in [0, 0.05) is 11.6 Å². The minimum Gasteiger partial charge on any atom is -0.324 e. The summed E-state index contributed by atoms with van der Waals surface area (Å²) in [4.78, 5) is 0. The zero-order valence-corrected chi connectivity index (χ0v) is 7.96. The number of rotatable bonds is 3. The maximum Gasteiger partial charge on any atom is 0.0295 e. The molecule has 0 saturated carbocycles. The average Bonchev–Trinajstić information content (AvgIpc) is 2.18. The number of hydrogen-bond acceptors (Lipinski definition) is 1. The predicted octanol–water partition coefficient (Wildman–Crippen LogP) is 2.47. The molecule has 0 radical (unpaired) electrons. The van der Waals surface area contributed by atoms with Crippen molar-refractivity contribution in [1.29, 1.82) is 0 Å². The van der Waals surface area contributed by atoms with E-state index in [-0.39, 0.29) is 6.04 Å². The van der Waals surface area contributed by atoms with E-state index in [1.54, 1.807) is 0 Å². The zero-order chi connectivity index (χ0) is 9.68. The first-order valence-electron chi connectivity index (χ1n) is 4.60.